The molecule has 2 aromatic heterocycles. The highest BCUT2D eigenvalue weighted by atomic mass is 35.5. The van der Waals surface area contributed by atoms with Crippen LogP contribution in [0, 0.1) is 0 Å². The second kappa shape index (κ2) is 8.48. The van der Waals surface area contributed by atoms with Crippen LogP contribution in [-0.4, -0.2) is 38.9 Å². The van der Waals surface area contributed by atoms with E-state index < -0.39 is 23.5 Å². The molecule has 10 heteroatoms. The number of Topliss-reactive ketones (excluding diaryl/α,β-unsaturated/α-hetero) is 1. The van der Waals surface area contributed by atoms with Gasteiger partial charge in [0.2, 0.25) is 5.95 Å². The molecule has 0 saturated carbocycles. The van der Waals surface area contributed by atoms with Crippen molar-refractivity contribution in [2.75, 3.05) is 12.0 Å². The van der Waals surface area contributed by atoms with Gasteiger partial charge in [0.05, 0.1) is 39.8 Å². The Morgan fingerprint density at radius 3 is 2.41 bits per heavy atom. The molecule has 1 aliphatic heterocycles. The number of nitrogens with zero attached hydrogens (tertiary/aromatic N) is 3. The quantitative estimate of drug-likeness (QED) is 0.237. The van der Waals surface area contributed by atoms with Gasteiger partial charge in [0.1, 0.15) is 5.76 Å². The Morgan fingerprint density at radius 2 is 1.76 bits per heavy atom. The SMILES string of the molecule is COc1c(Cl)cc(/C(O)=C2\C(=O)C(=O)N(c3nc4ccccc4[nH]3)C2c2ccncc2)cc1Cl. The maximum atomic E-state index is 13.2. The number of H-pyrrole nitrogens is 1. The van der Waals surface area contributed by atoms with Crippen LogP contribution >= 0.6 is 23.2 Å². The van der Waals surface area contributed by atoms with Gasteiger partial charge in [0.25, 0.3) is 5.78 Å². The van der Waals surface area contributed by atoms with Crippen molar-refractivity contribution in [1.82, 2.24) is 15.0 Å². The number of aliphatic hydroxyl groups excluding tert-OH is 1. The van der Waals surface area contributed by atoms with Crippen molar-refractivity contribution < 1.29 is 19.4 Å². The summed E-state index contributed by atoms with van der Waals surface area (Å²) in [6.07, 6.45) is 3.07. The standard InChI is InChI=1S/C24H16Cl2N4O4/c1-34-22-14(25)10-13(11-15(22)26)20(31)18-19(12-6-8-27-9-7-12)30(23(33)21(18)32)24-28-16-4-2-3-5-17(16)29-24/h2-11,19,31H,1H3,(H,28,29)/b20-18+. The first-order chi connectivity index (χ1) is 16.4. The number of hydrogen-bond donors (Lipinski definition) is 2. The van der Waals surface area contributed by atoms with Crippen molar-refractivity contribution in [3.05, 3.63) is 87.7 Å². The number of aromatic nitrogens is 3. The molecule has 1 amide bonds. The summed E-state index contributed by atoms with van der Waals surface area (Å²) in [5.74, 6) is -1.73. The van der Waals surface area contributed by atoms with Gasteiger partial charge in [-0.05, 0) is 42.0 Å². The molecule has 1 fully saturated rings. The van der Waals surface area contributed by atoms with Crippen molar-refractivity contribution in [3.8, 4) is 5.75 Å². The van der Waals surface area contributed by atoms with Gasteiger partial charge in [-0.15, -0.1) is 0 Å². The monoisotopic (exact) mass is 494 g/mol. The van der Waals surface area contributed by atoms with Gasteiger partial charge in [-0.1, -0.05) is 35.3 Å². The molecule has 2 N–H and O–H groups in total. The summed E-state index contributed by atoms with van der Waals surface area (Å²) in [7, 11) is 1.41. The van der Waals surface area contributed by atoms with Crippen LogP contribution in [-0.2, 0) is 9.59 Å². The van der Waals surface area contributed by atoms with Crippen molar-refractivity contribution >= 4 is 57.6 Å². The second-order valence-corrected chi connectivity index (χ2v) is 8.31. The number of carbonyl (C=O) groups excluding carboxylic acids is 2. The van der Waals surface area contributed by atoms with E-state index in [4.69, 9.17) is 27.9 Å². The summed E-state index contributed by atoms with van der Waals surface area (Å²) in [6, 6.07) is 12.4. The van der Waals surface area contributed by atoms with Crippen LogP contribution in [0.1, 0.15) is 17.2 Å². The van der Waals surface area contributed by atoms with Crippen LogP contribution in [0.15, 0.2) is 66.5 Å². The number of methoxy groups -OCH3 is 1. The van der Waals surface area contributed by atoms with Gasteiger partial charge in [-0.25, -0.2) is 4.98 Å². The first-order valence-electron chi connectivity index (χ1n) is 10.1. The Kier molecular flexibility index (Phi) is 5.47. The molecular weight excluding hydrogens is 479 g/mol. The number of aromatic amines is 1. The number of ketones is 1. The molecular formula is C24H16Cl2N4O4. The van der Waals surface area contributed by atoms with Gasteiger partial charge in [-0.3, -0.25) is 19.5 Å². The molecule has 8 nitrogen and oxygen atoms in total. The fraction of sp³-hybridized carbons (Fsp3) is 0.0833. The molecule has 4 aromatic rings. The van der Waals surface area contributed by atoms with E-state index in [1.807, 2.05) is 18.2 Å². The van der Waals surface area contributed by atoms with Gasteiger partial charge in [0.15, 0.2) is 5.75 Å². The third-order valence-corrected chi connectivity index (χ3v) is 6.11. The van der Waals surface area contributed by atoms with Gasteiger partial charge >= 0.3 is 5.91 Å². The topological polar surface area (TPSA) is 108 Å². The molecule has 5 rings (SSSR count). The fourth-order valence-electron chi connectivity index (χ4n) is 4.01. The maximum Gasteiger partial charge on any atom is 0.302 e. The lowest BCUT2D eigenvalue weighted by molar-refractivity contribution is -0.132. The summed E-state index contributed by atoms with van der Waals surface area (Å²) >= 11 is 12.5. The minimum absolute atomic E-state index is 0.131. The largest absolute Gasteiger partial charge is 0.507 e. The predicted octanol–water partition coefficient (Wildman–Crippen LogP) is 4.90. The van der Waals surface area contributed by atoms with E-state index in [1.165, 1.54) is 36.5 Å². The Balaban J connectivity index is 1.73. The number of amides is 1. The minimum atomic E-state index is -0.969. The molecule has 0 bridgehead atoms. The van der Waals surface area contributed by atoms with Crippen LogP contribution in [0.3, 0.4) is 0 Å². The summed E-state index contributed by atoms with van der Waals surface area (Å²) in [6.45, 7) is 0. The molecule has 34 heavy (non-hydrogen) atoms. The first kappa shape index (κ1) is 21.9. The molecule has 0 aliphatic carbocycles. The Morgan fingerprint density at radius 1 is 1.09 bits per heavy atom. The average Bonchev–Trinajstić information content (AvgIpc) is 3.37. The average molecular weight is 495 g/mol. The van der Waals surface area contributed by atoms with E-state index in [9.17, 15) is 14.7 Å². The number of benzene rings is 2. The van der Waals surface area contributed by atoms with Crippen LogP contribution in [0.4, 0.5) is 5.95 Å². The minimum Gasteiger partial charge on any atom is -0.507 e. The number of aliphatic hydroxyl groups is 1. The van der Waals surface area contributed by atoms with Gasteiger partial charge < -0.3 is 14.8 Å². The van der Waals surface area contributed by atoms with E-state index in [1.54, 1.807) is 18.2 Å². The molecule has 3 heterocycles. The number of nitrogens with one attached hydrogen (secondary N) is 1. The van der Waals surface area contributed by atoms with Crippen molar-refractivity contribution in [3.63, 3.8) is 0 Å². The number of fused-ring (bicyclic) bond motifs is 1. The van der Waals surface area contributed by atoms with Crippen LogP contribution in [0.2, 0.25) is 10.0 Å². The number of anilines is 1. The highest BCUT2D eigenvalue weighted by Gasteiger charge is 2.48. The summed E-state index contributed by atoms with van der Waals surface area (Å²) < 4.78 is 5.16. The Labute approximate surface area is 203 Å². The number of para-hydroxylation sites is 2. The number of imidazole rings is 1. The number of hydrogen-bond acceptors (Lipinski definition) is 6. The lowest BCUT2D eigenvalue weighted by atomic mass is 9.96. The van der Waals surface area contributed by atoms with Crippen LogP contribution in [0.5, 0.6) is 5.75 Å². The third kappa shape index (κ3) is 3.48. The second-order valence-electron chi connectivity index (χ2n) is 7.50. The molecule has 1 aliphatic rings. The summed E-state index contributed by atoms with van der Waals surface area (Å²) in [4.78, 5) is 39.3. The van der Waals surface area contributed by atoms with Crippen LogP contribution < -0.4 is 9.64 Å². The van der Waals surface area contributed by atoms with Crippen LogP contribution in [0.25, 0.3) is 16.8 Å². The zero-order valence-corrected chi connectivity index (χ0v) is 19.1. The first-order valence-corrected chi connectivity index (χ1v) is 10.9. The maximum absolute atomic E-state index is 13.2. The Hall–Kier alpha value is -3.88. The van der Waals surface area contributed by atoms with E-state index in [-0.39, 0.29) is 32.9 Å². The van der Waals surface area contributed by atoms with Crippen molar-refractivity contribution in [2.24, 2.45) is 0 Å². The van der Waals surface area contributed by atoms with Crippen molar-refractivity contribution in [2.45, 2.75) is 6.04 Å². The number of carbonyl (C=O) groups is 2. The predicted molar refractivity (Wildman–Crippen MR) is 128 cm³/mol. The molecule has 1 saturated heterocycles. The molecule has 1 unspecified atom stereocenters. The zero-order valence-electron chi connectivity index (χ0n) is 17.6. The molecule has 0 spiro atoms. The normalized spacial score (nSPS) is 17.5. The number of ether oxygens (including phenoxy) is 1. The lowest BCUT2D eigenvalue weighted by Crippen LogP contribution is -2.30. The highest BCUT2D eigenvalue weighted by Crippen LogP contribution is 2.43. The zero-order chi connectivity index (χ0) is 24.0. The third-order valence-electron chi connectivity index (χ3n) is 5.55. The molecule has 0 radical (unpaired) electrons. The van der Waals surface area contributed by atoms with E-state index >= 15 is 0 Å². The summed E-state index contributed by atoms with van der Waals surface area (Å²) in [5, 5.41) is 11.5. The number of rotatable bonds is 4. The van der Waals surface area contributed by atoms with E-state index in [0.29, 0.717) is 16.6 Å². The highest BCUT2D eigenvalue weighted by molar-refractivity contribution is 6.51. The van der Waals surface area contributed by atoms with Crippen molar-refractivity contribution in [1.29, 1.82) is 0 Å². The molecule has 2 aromatic carbocycles. The van der Waals surface area contributed by atoms with E-state index in [2.05, 4.69) is 15.0 Å². The molecule has 170 valence electrons. The van der Waals surface area contributed by atoms with Gasteiger partial charge in [0, 0.05) is 18.0 Å². The summed E-state index contributed by atoms with van der Waals surface area (Å²) in [5.41, 5.74) is 1.91. The smallest absolute Gasteiger partial charge is 0.302 e. The number of halogens is 2. The van der Waals surface area contributed by atoms with Gasteiger partial charge in [-0.2, -0.15) is 0 Å². The Bertz CT molecular complexity index is 1430. The fourth-order valence-corrected chi connectivity index (χ4v) is 4.65. The number of pyridine rings is 1. The van der Waals surface area contributed by atoms with E-state index in [0.717, 1.165) is 0 Å². The lowest BCUT2D eigenvalue weighted by Gasteiger charge is -2.23. The molecule has 1 atom stereocenters.